The Morgan fingerprint density at radius 3 is 2.50 bits per heavy atom. The fourth-order valence-electron chi connectivity index (χ4n) is 3.05. The van der Waals surface area contributed by atoms with Crippen molar-refractivity contribution in [3.8, 4) is 0 Å². The quantitative estimate of drug-likeness (QED) is 0.756. The van der Waals surface area contributed by atoms with Gasteiger partial charge in [0, 0.05) is 11.6 Å². The van der Waals surface area contributed by atoms with Crippen molar-refractivity contribution >= 4 is 0 Å². The molecule has 0 saturated heterocycles. The lowest BCUT2D eigenvalue weighted by Gasteiger charge is -2.36. The van der Waals surface area contributed by atoms with Crippen molar-refractivity contribution in [2.24, 2.45) is 0 Å². The second-order valence-corrected chi connectivity index (χ2v) is 5.67. The molecular formula is C17H25N. The van der Waals surface area contributed by atoms with Gasteiger partial charge in [-0.15, -0.1) is 6.58 Å². The van der Waals surface area contributed by atoms with Crippen LogP contribution in [-0.2, 0) is 5.54 Å². The van der Waals surface area contributed by atoms with Gasteiger partial charge in [0.1, 0.15) is 0 Å². The summed E-state index contributed by atoms with van der Waals surface area (Å²) < 4.78 is 0. The first-order valence-corrected chi connectivity index (χ1v) is 7.19. The third kappa shape index (κ3) is 3.23. The maximum absolute atomic E-state index is 3.92. The lowest BCUT2D eigenvalue weighted by atomic mass is 9.85. The molecule has 0 aliphatic heterocycles. The average molecular weight is 243 g/mol. The Bertz CT molecular complexity index is 364. The summed E-state index contributed by atoms with van der Waals surface area (Å²) >= 11 is 0. The molecule has 1 aliphatic rings. The standard InChI is InChI=1S/C17H25N/c1-3-14-17(2,15-10-6-4-7-11-15)18-16-12-8-5-9-13-16/h3-4,6-7,10-11,16,18H,1,5,8-9,12-14H2,2H3/t17-/m0/s1. The molecule has 2 rings (SSSR count). The van der Waals surface area contributed by atoms with Crippen molar-refractivity contribution in [3.63, 3.8) is 0 Å². The number of rotatable bonds is 5. The van der Waals surface area contributed by atoms with Crippen molar-refractivity contribution in [3.05, 3.63) is 48.6 Å². The molecule has 0 unspecified atom stereocenters. The fraction of sp³-hybridized carbons (Fsp3) is 0.529. The first kappa shape index (κ1) is 13.4. The Morgan fingerprint density at radius 2 is 1.89 bits per heavy atom. The van der Waals surface area contributed by atoms with E-state index < -0.39 is 0 Å². The summed E-state index contributed by atoms with van der Waals surface area (Å²) in [6.45, 7) is 6.23. The number of benzene rings is 1. The van der Waals surface area contributed by atoms with Crippen LogP contribution in [0.15, 0.2) is 43.0 Å². The molecule has 98 valence electrons. The first-order valence-electron chi connectivity index (χ1n) is 7.19. The lowest BCUT2D eigenvalue weighted by molar-refractivity contribution is 0.267. The van der Waals surface area contributed by atoms with Gasteiger partial charge >= 0.3 is 0 Å². The normalized spacial score (nSPS) is 20.3. The van der Waals surface area contributed by atoms with Crippen LogP contribution < -0.4 is 5.32 Å². The number of hydrogen-bond acceptors (Lipinski definition) is 1. The minimum absolute atomic E-state index is 0.0328. The highest BCUT2D eigenvalue weighted by Gasteiger charge is 2.28. The van der Waals surface area contributed by atoms with Crippen LogP contribution in [0.2, 0.25) is 0 Å². The van der Waals surface area contributed by atoms with Crippen LogP contribution in [0.25, 0.3) is 0 Å². The van der Waals surface area contributed by atoms with Crippen LogP contribution in [0.5, 0.6) is 0 Å². The maximum Gasteiger partial charge on any atom is 0.0442 e. The Hall–Kier alpha value is -1.08. The molecule has 1 aromatic rings. The van der Waals surface area contributed by atoms with E-state index in [-0.39, 0.29) is 5.54 Å². The van der Waals surface area contributed by atoms with Crippen molar-refractivity contribution in [2.75, 3.05) is 0 Å². The number of nitrogens with one attached hydrogen (secondary N) is 1. The Morgan fingerprint density at radius 1 is 1.22 bits per heavy atom. The van der Waals surface area contributed by atoms with Crippen LogP contribution in [0.4, 0.5) is 0 Å². The van der Waals surface area contributed by atoms with Gasteiger partial charge in [0.15, 0.2) is 0 Å². The van der Waals surface area contributed by atoms with Crippen molar-refractivity contribution in [1.29, 1.82) is 0 Å². The molecule has 1 aliphatic carbocycles. The van der Waals surface area contributed by atoms with E-state index in [0.29, 0.717) is 6.04 Å². The molecule has 1 saturated carbocycles. The van der Waals surface area contributed by atoms with E-state index in [4.69, 9.17) is 0 Å². The predicted octanol–water partition coefficient (Wildman–Crippen LogP) is 4.40. The second kappa shape index (κ2) is 6.19. The summed E-state index contributed by atoms with van der Waals surface area (Å²) in [5.74, 6) is 0. The van der Waals surface area contributed by atoms with Gasteiger partial charge in [0.2, 0.25) is 0 Å². The van der Waals surface area contributed by atoms with Crippen LogP contribution in [0.1, 0.15) is 51.0 Å². The smallest absolute Gasteiger partial charge is 0.0442 e. The van der Waals surface area contributed by atoms with Gasteiger partial charge < -0.3 is 5.32 Å². The summed E-state index contributed by atoms with van der Waals surface area (Å²) in [4.78, 5) is 0. The molecule has 0 bridgehead atoms. The SMILES string of the molecule is C=CC[C@](C)(NC1CCCCC1)c1ccccc1. The monoisotopic (exact) mass is 243 g/mol. The van der Waals surface area contributed by atoms with Gasteiger partial charge in [-0.05, 0) is 31.7 Å². The minimum Gasteiger partial charge on any atom is -0.305 e. The van der Waals surface area contributed by atoms with Crippen LogP contribution in [-0.4, -0.2) is 6.04 Å². The molecule has 1 aromatic carbocycles. The summed E-state index contributed by atoms with van der Waals surface area (Å²) in [5.41, 5.74) is 1.40. The first-order chi connectivity index (χ1) is 8.74. The van der Waals surface area contributed by atoms with Gasteiger partial charge in [-0.1, -0.05) is 55.7 Å². The van der Waals surface area contributed by atoms with Crippen LogP contribution in [0.3, 0.4) is 0 Å². The summed E-state index contributed by atoms with van der Waals surface area (Å²) in [5, 5.41) is 3.88. The average Bonchev–Trinajstić information content (AvgIpc) is 2.41. The predicted molar refractivity (Wildman–Crippen MR) is 78.6 cm³/mol. The Labute approximate surface area is 111 Å². The third-order valence-corrected chi connectivity index (χ3v) is 4.09. The zero-order chi connectivity index (χ0) is 12.8. The van der Waals surface area contributed by atoms with E-state index in [1.807, 2.05) is 6.08 Å². The Kier molecular flexibility index (Phi) is 4.60. The van der Waals surface area contributed by atoms with E-state index in [1.165, 1.54) is 37.7 Å². The highest BCUT2D eigenvalue weighted by Crippen LogP contribution is 2.28. The van der Waals surface area contributed by atoms with Crippen LogP contribution in [0, 0.1) is 0 Å². The second-order valence-electron chi connectivity index (χ2n) is 5.67. The van der Waals surface area contributed by atoms with Crippen molar-refractivity contribution in [1.82, 2.24) is 5.32 Å². The number of hydrogen-bond donors (Lipinski definition) is 1. The summed E-state index contributed by atoms with van der Waals surface area (Å²) in [6.07, 6.45) is 9.80. The van der Waals surface area contributed by atoms with E-state index in [1.54, 1.807) is 0 Å². The molecule has 1 N–H and O–H groups in total. The van der Waals surface area contributed by atoms with E-state index in [2.05, 4.69) is 49.2 Å². The summed E-state index contributed by atoms with van der Waals surface area (Å²) in [7, 11) is 0. The molecule has 0 radical (unpaired) electrons. The van der Waals surface area contributed by atoms with Gasteiger partial charge in [-0.25, -0.2) is 0 Å². The topological polar surface area (TPSA) is 12.0 Å². The van der Waals surface area contributed by atoms with Gasteiger partial charge in [-0.3, -0.25) is 0 Å². The molecular weight excluding hydrogens is 218 g/mol. The summed E-state index contributed by atoms with van der Waals surface area (Å²) in [6, 6.07) is 11.4. The van der Waals surface area contributed by atoms with Crippen molar-refractivity contribution in [2.45, 2.75) is 57.0 Å². The fourth-order valence-corrected chi connectivity index (χ4v) is 3.05. The molecule has 18 heavy (non-hydrogen) atoms. The highest BCUT2D eigenvalue weighted by atomic mass is 15.0. The van der Waals surface area contributed by atoms with E-state index >= 15 is 0 Å². The van der Waals surface area contributed by atoms with Gasteiger partial charge in [0.25, 0.3) is 0 Å². The highest BCUT2D eigenvalue weighted by molar-refractivity contribution is 5.24. The maximum atomic E-state index is 3.92. The molecule has 1 nitrogen and oxygen atoms in total. The van der Waals surface area contributed by atoms with Gasteiger partial charge in [0.05, 0.1) is 0 Å². The molecule has 1 heteroatoms. The third-order valence-electron chi connectivity index (χ3n) is 4.09. The van der Waals surface area contributed by atoms with E-state index in [0.717, 1.165) is 6.42 Å². The van der Waals surface area contributed by atoms with E-state index in [9.17, 15) is 0 Å². The molecule has 1 atom stereocenters. The zero-order valence-corrected chi connectivity index (χ0v) is 11.5. The zero-order valence-electron chi connectivity index (χ0n) is 11.5. The van der Waals surface area contributed by atoms with Crippen LogP contribution >= 0.6 is 0 Å². The molecule has 0 spiro atoms. The van der Waals surface area contributed by atoms with Gasteiger partial charge in [-0.2, -0.15) is 0 Å². The molecule has 1 fully saturated rings. The Balaban J connectivity index is 2.12. The molecule has 0 amide bonds. The molecule has 0 heterocycles. The largest absolute Gasteiger partial charge is 0.305 e. The minimum atomic E-state index is 0.0328. The van der Waals surface area contributed by atoms with Crippen molar-refractivity contribution < 1.29 is 0 Å². The molecule has 0 aromatic heterocycles. The lowest BCUT2D eigenvalue weighted by Crippen LogP contribution is -2.46.